The molecule has 3 aliphatic rings. The lowest BCUT2D eigenvalue weighted by atomic mass is 9.77. The molecule has 5 nitrogen and oxygen atoms in total. The zero-order valence-electron chi connectivity index (χ0n) is 16.3. The third-order valence-electron chi connectivity index (χ3n) is 6.89. The van der Waals surface area contributed by atoms with Crippen LogP contribution in [-0.2, 0) is 0 Å². The van der Waals surface area contributed by atoms with Crippen LogP contribution in [0.3, 0.4) is 0 Å². The molecule has 0 saturated carbocycles. The van der Waals surface area contributed by atoms with Gasteiger partial charge in [0.05, 0.1) is 23.4 Å². The summed E-state index contributed by atoms with van der Waals surface area (Å²) in [6, 6.07) is 8.38. The highest BCUT2D eigenvalue weighted by Gasteiger charge is 2.44. The van der Waals surface area contributed by atoms with E-state index in [0.717, 1.165) is 54.4 Å². The topological polar surface area (TPSA) is 72.8 Å². The van der Waals surface area contributed by atoms with Gasteiger partial charge in [-0.3, -0.25) is 4.79 Å². The highest BCUT2D eigenvalue weighted by atomic mass is 16.2. The minimum absolute atomic E-state index is 0. The molecule has 5 heteroatoms. The molecule has 2 heterocycles. The molecule has 0 bridgehead atoms. The molecule has 28 heavy (non-hydrogen) atoms. The van der Waals surface area contributed by atoms with E-state index in [1.807, 2.05) is 18.2 Å². The molecule has 1 N–H and O–H groups in total. The van der Waals surface area contributed by atoms with Crippen molar-refractivity contribution in [2.75, 3.05) is 6.54 Å². The van der Waals surface area contributed by atoms with Crippen molar-refractivity contribution >= 4 is 16.9 Å². The van der Waals surface area contributed by atoms with Crippen LogP contribution < -0.4 is 0 Å². The minimum Gasteiger partial charge on any atom is -0.345 e. The van der Waals surface area contributed by atoms with E-state index in [2.05, 4.69) is 34.8 Å². The molecule has 3 atom stereocenters. The Bertz CT molecular complexity index is 1090. The van der Waals surface area contributed by atoms with Gasteiger partial charge in [-0.2, -0.15) is 5.26 Å². The number of amides is 1. The van der Waals surface area contributed by atoms with Crippen LogP contribution in [0, 0.1) is 23.2 Å². The van der Waals surface area contributed by atoms with Gasteiger partial charge in [0.2, 0.25) is 0 Å². The Labute approximate surface area is 166 Å². The smallest absolute Gasteiger partial charge is 0.254 e. The largest absolute Gasteiger partial charge is 0.345 e. The van der Waals surface area contributed by atoms with Crippen LogP contribution in [-0.4, -0.2) is 33.4 Å². The molecule has 2 aliphatic carbocycles. The van der Waals surface area contributed by atoms with E-state index in [0.29, 0.717) is 5.92 Å². The van der Waals surface area contributed by atoms with Gasteiger partial charge in [0.1, 0.15) is 0 Å². The second kappa shape index (κ2) is 6.34. The Morgan fingerprint density at radius 1 is 1.39 bits per heavy atom. The van der Waals surface area contributed by atoms with Gasteiger partial charge in [0, 0.05) is 31.1 Å². The molecule has 144 valence electrons. The number of fused-ring (bicyclic) bond motifs is 3. The fraction of sp³-hybridized carbons (Fsp3) is 0.435. The van der Waals surface area contributed by atoms with Crippen LogP contribution in [0.25, 0.3) is 11.0 Å². The molecule has 0 spiro atoms. The van der Waals surface area contributed by atoms with Crippen LogP contribution in [0.4, 0.5) is 0 Å². The number of hydrogen-bond donors (Lipinski definition) is 1. The van der Waals surface area contributed by atoms with Gasteiger partial charge >= 0.3 is 0 Å². The third-order valence-corrected chi connectivity index (χ3v) is 6.89. The monoisotopic (exact) mass is 374 g/mol. The number of allylic oxidation sites excluding steroid dienone is 2. The lowest BCUT2D eigenvalue weighted by Gasteiger charge is -2.39. The van der Waals surface area contributed by atoms with Crippen molar-refractivity contribution in [3.8, 4) is 6.07 Å². The quantitative estimate of drug-likeness (QED) is 0.792. The van der Waals surface area contributed by atoms with Crippen LogP contribution in [0.5, 0.6) is 0 Å². The first-order valence-corrected chi connectivity index (χ1v) is 10.2. The number of aromatic nitrogens is 2. The van der Waals surface area contributed by atoms with Crippen molar-refractivity contribution in [2.45, 2.75) is 45.6 Å². The highest BCUT2D eigenvalue weighted by molar-refractivity contribution is 5.97. The molecule has 5 rings (SSSR count). The Kier molecular flexibility index (Phi) is 3.90. The molecule has 1 aliphatic heterocycles. The van der Waals surface area contributed by atoms with Gasteiger partial charge in [0.25, 0.3) is 5.91 Å². The number of piperidine rings is 1. The van der Waals surface area contributed by atoms with Crippen molar-refractivity contribution in [2.24, 2.45) is 11.8 Å². The van der Waals surface area contributed by atoms with Crippen molar-refractivity contribution in [1.82, 2.24) is 14.9 Å². The SMILES string of the molecule is CC1=C(C#N)C(C)CC2=C1[C@@H]1CCCN(C(=O)c3ccc4nc[nH]c4c3)[C@@H]1C2.[HH]. The zero-order chi connectivity index (χ0) is 19.4. The number of carbonyl (C=O) groups excluding carboxylic acids is 1. The van der Waals surface area contributed by atoms with Crippen LogP contribution in [0.2, 0.25) is 0 Å². The van der Waals surface area contributed by atoms with Crippen LogP contribution >= 0.6 is 0 Å². The molecular weight excluding hydrogens is 348 g/mol. The summed E-state index contributed by atoms with van der Waals surface area (Å²) in [6.07, 6.45) is 5.70. The summed E-state index contributed by atoms with van der Waals surface area (Å²) in [5.41, 5.74) is 7.48. The molecule has 1 fully saturated rings. The van der Waals surface area contributed by atoms with Gasteiger partial charge in [-0.1, -0.05) is 12.5 Å². The van der Waals surface area contributed by atoms with Gasteiger partial charge in [0.15, 0.2) is 0 Å². The lowest BCUT2D eigenvalue weighted by molar-refractivity contribution is 0.0563. The first kappa shape index (κ1) is 17.2. The van der Waals surface area contributed by atoms with Gasteiger partial charge in [-0.25, -0.2) is 4.98 Å². The van der Waals surface area contributed by atoms with E-state index >= 15 is 0 Å². The summed E-state index contributed by atoms with van der Waals surface area (Å²) < 4.78 is 0. The van der Waals surface area contributed by atoms with Crippen molar-refractivity contribution in [3.05, 3.63) is 52.4 Å². The highest BCUT2D eigenvalue weighted by Crippen LogP contribution is 2.50. The Balaban J connectivity index is 0.00000205. The number of H-pyrrole nitrogens is 1. The van der Waals surface area contributed by atoms with Crippen molar-refractivity contribution < 1.29 is 6.22 Å². The number of aromatic amines is 1. The van der Waals surface area contributed by atoms with Crippen molar-refractivity contribution in [1.29, 1.82) is 5.26 Å². The predicted octanol–water partition coefficient (Wildman–Crippen LogP) is 4.61. The van der Waals surface area contributed by atoms with Crippen molar-refractivity contribution in [3.63, 3.8) is 0 Å². The summed E-state index contributed by atoms with van der Waals surface area (Å²) in [6.45, 7) is 5.07. The first-order valence-electron chi connectivity index (χ1n) is 10.2. The molecule has 1 aromatic carbocycles. The fourth-order valence-corrected chi connectivity index (χ4v) is 5.67. The van der Waals surface area contributed by atoms with Gasteiger partial charge < -0.3 is 9.88 Å². The summed E-state index contributed by atoms with van der Waals surface area (Å²) in [5, 5.41) is 9.60. The maximum Gasteiger partial charge on any atom is 0.254 e. The third kappa shape index (κ3) is 2.44. The molecule has 1 aromatic heterocycles. The predicted molar refractivity (Wildman–Crippen MR) is 109 cm³/mol. The second-order valence-electron chi connectivity index (χ2n) is 8.43. The van der Waals surface area contributed by atoms with E-state index in [1.165, 1.54) is 16.7 Å². The molecule has 0 radical (unpaired) electrons. The first-order chi connectivity index (χ1) is 13.6. The van der Waals surface area contributed by atoms with E-state index < -0.39 is 0 Å². The number of imidazole rings is 1. The fourth-order valence-electron chi connectivity index (χ4n) is 5.67. The average Bonchev–Trinajstić information content (AvgIpc) is 3.30. The summed E-state index contributed by atoms with van der Waals surface area (Å²) >= 11 is 0. The molecule has 1 saturated heterocycles. The normalized spacial score (nSPS) is 27.0. The van der Waals surface area contributed by atoms with Gasteiger partial charge in [-0.05, 0) is 67.9 Å². The number of hydrogen-bond acceptors (Lipinski definition) is 3. The van der Waals surface area contributed by atoms with E-state index in [-0.39, 0.29) is 19.3 Å². The molecule has 1 amide bonds. The number of carbonyl (C=O) groups is 1. The van der Waals surface area contributed by atoms with E-state index in [1.54, 1.807) is 6.33 Å². The van der Waals surface area contributed by atoms with E-state index in [9.17, 15) is 10.1 Å². The summed E-state index contributed by atoms with van der Waals surface area (Å²) in [4.78, 5) is 22.8. The number of benzene rings is 1. The maximum absolute atomic E-state index is 13.4. The molecular formula is C23H26N4O. The maximum atomic E-state index is 13.4. The Hall–Kier alpha value is -2.87. The Morgan fingerprint density at radius 2 is 2.25 bits per heavy atom. The van der Waals surface area contributed by atoms with Crippen LogP contribution in [0.15, 0.2) is 46.8 Å². The number of nitrogens with zero attached hydrogens (tertiary/aromatic N) is 3. The molecule has 1 unspecified atom stereocenters. The summed E-state index contributed by atoms with van der Waals surface area (Å²) in [5.74, 6) is 0.775. The Morgan fingerprint density at radius 3 is 3.07 bits per heavy atom. The van der Waals surface area contributed by atoms with E-state index in [4.69, 9.17) is 0 Å². The lowest BCUT2D eigenvalue weighted by Crippen LogP contribution is -2.47. The number of likely N-dealkylation sites (tertiary alicyclic amines) is 1. The number of rotatable bonds is 1. The molecule has 2 aromatic rings. The average molecular weight is 374 g/mol. The number of nitrogens with one attached hydrogen (secondary N) is 1. The minimum atomic E-state index is 0. The van der Waals surface area contributed by atoms with Gasteiger partial charge in [-0.15, -0.1) is 0 Å². The second-order valence-corrected chi connectivity index (χ2v) is 8.43. The standard InChI is InChI=1S/C23H24N4O.H2/c1-13-8-16-10-21-17(22(16)14(2)18(13)11-24)4-3-7-27(21)23(28)15-5-6-19-20(9-15)26-12-25-19;/h5-6,9,12-13,17,21H,3-4,7-8,10H2,1-2H3,(H,25,26);1H/t13?,17-,21-;/m1./s1. The number of nitriles is 1. The van der Waals surface area contributed by atoms with Crippen LogP contribution in [0.1, 0.15) is 51.3 Å². The summed E-state index contributed by atoms with van der Waals surface area (Å²) in [7, 11) is 0. The zero-order valence-corrected chi connectivity index (χ0v) is 16.3.